The molecule has 0 saturated carbocycles. The van der Waals surface area contributed by atoms with E-state index in [1.54, 1.807) is 0 Å². The summed E-state index contributed by atoms with van der Waals surface area (Å²) in [6.07, 6.45) is 11.1. The monoisotopic (exact) mass is 340 g/mol. The molecule has 2 heteroatoms. The van der Waals surface area contributed by atoms with Crippen molar-refractivity contribution in [3.63, 3.8) is 0 Å². The fourth-order valence-corrected chi connectivity index (χ4v) is 2.40. The Hall–Kier alpha value is -1.93. The highest BCUT2D eigenvalue weighted by Gasteiger charge is 2.03. The van der Waals surface area contributed by atoms with Crippen molar-refractivity contribution in [3.8, 4) is 0 Å². The van der Waals surface area contributed by atoms with Crippen LogP contribution in [0.4, 0.5) is 0 Å². The quantitative estimate of drug-likeness (QED) is 0.268. The zero-order valence-electron chi connectivity index (χ0n) is 16.2. The molecule has 0 radical (unpaired) electrons. The van der Waals surface area contributed by atoms with Crippen LogP contribution in [0.15, 0.2) is 65.3 Å². The molecule has 0 spiro atoms. The van der Waals surface area contributed by atoms with Gasteiger partial charge in [-0.2, -0.15) is 0 Å². The second-order valence-electron chi connectivity index (χ2n) is 6.76. The summed E-state index contributed by atoms with van der Waals surface area (Å²) in [5.41, 5.74) is 4.85. The highest BCUT2D eigenvalue weighted by Crippen LogP contribution is 2.11. The van der Waals surface area contributed by atoms with Crippen LogP contribution in [-0.2, 0) is 4.74 Å². The lowest BCUT2D eigenvalue weighted by Gasteiger charge is -2.03. The van der Waals surface area contributed by atoms with E-state index in [2.05, 4.69) is 45.9 Å². The van der Waals surface area contributed by atoms with E-state index in [-0.39, 0.29) is 12.4 Å². The minimum absolute atomic E-state index is 0.0292. The maximum Gasteiger partial charge on any atom is 0.188 e. The third-order valence-electron chi connectivity index (χ3n) is 4.00. The van der Waals surface area contributed by atoms with Gasteiger partial charge in [-0.3, -0.25) is 4.79 Å². The molecule has 0 unspecified atom stereocenters. The third kappa shape index (κ3) is 10.5. The van der Waals surface area contributed by atoms with E-state index in [0.29, 0.717) is 12.2 Å². The largest absolute Gasteiger partial charge is 0.369 e. The first-order valence-corrected chi connectivity index (χ1v) is 9.09. The highest BCUT2D eigenvalue weighted by molar-refractivity contribution is 5.96. The molecule has 0 N–H and O–H groups in total. The summed E-state index contributed by atoms with van der Waals surface area (Å²) in [6.45, 7) is 9.24. The van der Waals surface area contributed by atoms with Gasteiger partial charge < -0.3 is 4.74 Å². The molecule has 2 nitrogen and oxygen atoms in total. The molecule has 25 heavy (non-hydrogen) atoms. The summed E-state index contributed by atoms with van der Waals surface area (Å²) in [6, 6.07) is 9.28. The molecule has 0 aromatic heterocycles. The zero-order chi connectivity index (χ0) is 18.5. The standard InChI is InChI=1S/C23H32O2/c1-19(2)10-8-11-20(3)12-9-13-21(4)16-17-25-18-23(24)22-14-6-5-7-15-22/h5-7,10,12,14-16H,8-9,11,13,17-18H2,1-4H3. The van der Waals surface area contributed by atoms with Gasteiger partial charge in [0.15, 0.2) is 5.78 Å². The topological polar surface area (TPSA) is 26.3 Å². The molecule has 0 bridgehead atoms. The number of ketones is 1. The summed E-state index contributed by atoms with van der Waals surface area (Å²) in [7, 11) is 0. The first-order valence-electron chi connectivity index (χ1n) is 9.09. The number of benzene rings is 1. The molecule has 0 amide bonds. The van der Waals surface area contributed by atoms with E-state index in [0.717, 1.165) is 25.7 Å². The Morgan fingerprint density at radius 1 is 0.880 bits per heavy atom. The molecule has 0 saturated heterocycles. The summed E-state index contributed by atoms with van der Waals surface area (Å²) >= 11 is 0. The van der Waals surface area contributed by atoms with Crippen LogP contribution in [0.2, 0.25) is 0 Å². The summed E-state index contributed by atoms with van der Waals surface area (Å²) < 4.78 is 5.48. The van der Waals surface area contributed by atoms with E-state index in [1.165, 1.54) is 16.7 Å². The Morgan fingerprint density at radius 2 is 1.48 bits per heavy atom. The number of rotatable bonds is 11. The van der Waals surface area contributed by atoms with E-state index in [1.807, 2.05) is 30.3 Å². The predicted molar refractivity (Wildman–Crippen MR) is 107 cm³/mol. The molecule has 0 atom stereocenters. The van der Waals surface area contributed by atoms with Crippen LogP contribution in [0.5, 0.6) is 0 Å². The van der Waals surface area contributed by atoms with Crippen LogP contribution >= 0.6 is 0 Å². The van der Waals surface area contributed by atoms with Crippen LogP contribution in [0.1, 0.15) is 63.7 Å². The Labute approximate surface area is 153 Å². The number of carbonyl (C=O) groups is 1. The molecule has 1 aromatic rings. The molecule has 136 valence electrons. The van der Waals surface area contributed by atoms with Crippen molar-refractivity contribution in [2.75, 3.05) is 13.2 Å². The first kappa shape index (κ1) is 21.1. The van der Waals surface area contributed by atoms with Gasteiger partial charge in [0.05, 0.1) is 6.61 Å². The number of carbonyl (C=O) groups excluding carboxylic acids is 1. The fraction of sp³-hybridized carbons (Fsp3) is 0.435. The number of hydrogen-bond donors (Lipinski definition) is 0. The second kappa shape index (κ2) is 12.4. The lowest BCUT2D eigenvalue weighted by atomic mass is 10.1. The summed E-state index contributed by atoms with van der Waals surface area (Å²) in [5.74, 6) is 0.0292. The van der Waals surface area contributed by atoms with Gasteiger partial charge >= 0.3 is 0 Å². The summed E-state index contributed by atoms with van der Waals surface area (Å²) in [4.78, 5) is 11.9. The Morgan fingerprint density at radius 3 is 2.12 bits per heavy atom. The van der Waals surface area contributed by atoms with Crippen LogP contribution < -0.4 is 0 Å². The molecular weight excluding hydrogens is 308 g/mol. The third-order valence-corrected chi connectivity index (χ3v) is 4.00. The van der Waals surface area contributed by atoms with Crippen molar-refractivity contribution < 1.29 is 9.53 Å². The van der Waals surface area contributed by atoms with Crippen LogP contribution in [-0.4, -0.2) is 19.0 Å². The Balaban J connectivity index is 2.21. The lowest BCUT2D eigenvalue weighted by Crippen LogP contribution is -2.09. The average molecular weight is 341 g/mol. The van der Waals surface area contributed by atoms with Gasteiger partial charge in [-0.1, -0.05) is 65.3 Å². The Bertz CT molecular complexity index is 602. The lowest BCUT2D eigenvalue weighted by molar-refractivity contribution is 0.0805. The molecule has 0 aliphatic heterocycles. The van der Waals surface area contributed by atoms with Crippen molar-refractivity contribution in [2.45, 2.75) is 53.4 Å². The zero-order valence-corrected chi connectivity index (χ0v) is 16.2. The minimum Gasteiger partial charge on any atom is -0.369 e. The SMILES string of the molecule is CC(C)=CCCC(C)=CCCC(C)=CCOCC(=O)c1ccccc1. The van der Waals surface area contributed by atoms with Crippen molar-refractivity contribution in [1.82, 2.24) is 0 Å². The maximum absolute atomic E-state index is 11.9. The number of hydrogen-bond acceptors (Lipinski definition) is 2. The van der Waals surface area contributed by atoms with E-state index >= 15 is 0 Å². The highest BCUT2D eigenvalue weighted by atomic mass is 16.5. The molecule has 0 heterocycles. The normalized spacial score (nSPS) is 12.2. The van der Waals surface area contributed by atoms with E-state index in [4.69, 9.17) is 4.74 Å². The maximum atomic E-state index is 11.9. The predicted octanol–water partition coefficient (Wildman–Crippen LogP) is 6.31. The van der Waals surface area contributed by atoms with Gasteiger partial charge in [0.2, 0.25) is 0 Å². The van der Waals surface area contributed by atoms with Gasteiger partial charge in [0, 0.05) is 5.56 Å². The Kier molecular flexibility index (Phi) is 10.5. The van der Waals surface area contributed by atoms with Gasteiger partial charge in [-0.05, 0) is 53.4 Å². The molecule has 1 rings (SSSR count). The molecule has 1 aromatic carbocycles. The summed E-state index contributed by atoms with van der Waals surface area (Å²) in [5, 5.41) is 0. The van der Waals surface area contributed by atoms with Crippen LogP contribution in [0.3, 0.4) is 0 Å². The van der Waals surface area contributed by atoms with Crippen molar-refractivity contribution in [3.05, 3.63) is 70.8 Å². The van der Waals surface area contributed by atoms with Crippen molar-refractivity contribution in [1.29, 1.82) is 0 Å². The van der Waals surface area contributed by atoms with Gasteiger partial charge in [-0.25, -0.2) is 0 Å². The molecule has 0 fully saturated rings. The smallest absolute Gasteiger partial charge is 0.188 e. The average Bonchev–Trinajstić information content (AvgIpc) is 2.59. The van der Waals surface area contributed by atoms with Gasteiger partial charge in [0.1, 0.15) is 6.61 Å². The number of Topliss-reactive ketones (excluding diaryl/α,β-unsaturated/α-hetero) is 1. The van der Waals surface area contributed by atoms with Crippen molar-refractivity contribution >= 4 is 5.78 Å². The fourth-order valence-electron chi connectivity index (χ4n) is 2.40. The number of allylic oxidation sites excluding steroid dienone is 5. The van der Waals surface area contributed by atoms with Gasteiger partial charge in [0.25, 0.3) is 0 Å². The van der Waals surface area contributed by atoms with Gasteiger partial charge in [-0.15, -0.1) is 0 Å². The van der Waals surface area contributed by atoms with Crippen LogP contribution in [0, 0.1) is 0 Å². The second-order valence-corrected chi connectivity index (χ2v) is 6.76. The van der Waals surface area contributed by atoms with Crippen LogP contribution in [0.25, 0.3) is 0 Å². The van der Waals surface area contributed by atoms with E-state index in [9.17, 15) is 4.79 Å². The molecular formula is C23H32O2. The molecule has 0 aliphatic carbocycles. The first-order chi connectivity index (χ1) is 12.0. The van der Waals surface area contributed by atoms with E-state index < -0.39 is 0 Å². The molecule has 0 aliphatic rings. The number of ether oxygens (including phenoxy) is 1. The van der Waals surface area contributed by atoms with Crippen molar-refractivity contribution in [2.24, 2.45) is 0 Å². The minimum atomic E-state index is 0.0292.